The summed E-state index contributed by atoms with van der Waals surface area (Å²) in [5.74, 6) is 1.62. The molecule has 4 heteroatoms. The predicted octanol–water partition coefficient (Wildman–Crippen LogP) is 7.14. The Balaban J connectivity index is 1.25. The highest BCUT2D eigenvalue weighted by Crippen LogP contribution is 2.28. The van der Waals surface area contributed by atoms with Crippen molar-refractivity contribution in [2.24, 2.45) is 11.8 Å². The summed E-state index contributed by atoms with van der Waals surface area (Å²) in [6.45, 7) is 3.02. The third-order valence-corrected chi connectivity index (χ3v) is 7.88. The van der Waals surface area contributed by atoms with Crippen LogP contribution in [0.3, 0.4) is 0 Å². The summed E-state index contributed by atoms with van der Waals surface area (Å²) in [6.07, 6.45) is 1.00. The van der Waals surface area contributed by atoms with E-state index in [0.29, 0.717) is 30.6 Å². The second kappa shape index (κ2) is 12.2. The molecule has 200 valence electrons. The highest BCUT2D eigenvalue weighted by atomic mass is 16.5. The van der Waals surface area contributed by atoms with Crippen LogP contribution in [-0.2, 0) is 13.0 Å². The van der Waals surface area contributed by atoms with Gasteiger partial charge in [-0.05, 0) is 89.6 Å². The van der Waals surface area contributed by atoms with E-state index in [1.165, 1.54) is 5.56 Å². The molecular weight excluding hydrogens is 492 g/mol. The molecule has 5 aromatic carbocycles. The second-order valence-electron chi connectivity index (χ2n) is 10.6. The summed E-state index contributed by atoms with van der Waals surface area (Å²) in [6, 6.07) is 42.9. The Morgan fingerprint density at radius 2 is 1.35 bits per heavy atom. The topological polar surface area (TPSA) is 41.6 Å². The van der Waals surface area contributed by atoms with E-state index in [0.717, 1.165) is 47.3 Å². The van der Waals surface area contributed by atoms with Crippen molar-refractivity contribution in [3.05, 3.63) is 144 Å². The predicted molar refractivity (Wildman–Crippen MR) is 163 cm³/mol. The summed E-state index contributed by atoms with van der Waals surface area (Å²) in [5, 5.41) is 5.79. The Hall–Kier alpha value is -4.41. The molecule has 0 unspecified atom stereocenters. The monoisotopic (exact) mass is 526 g/mol. The van der Waals surface area contributed by atoms with Crippen molar-refractivity contribution in [2.75, 3.05) is 24.5 Å². The number of nitrogens with zero attached hydrogens (tertiary/aromatic N) is 1. The van der Waals surface area contributed by atoms with E-state index >= 15 is 0 Å². The molecule has 5 aromatic rings. The van der Waals surface area contributed by atoms with E-state index < -0.39 is 0 Å². The van der Waals surface area contributed by atoms with E-state index in [1.807, 2.05) is 77.7 Å². The van der Waals surface area contributed by atoms with Crippen LogP contribution in [0.4, 0.5) is 5.69 Å². The number of benzene rings is 5. The van der Waals surface area contributed by atoms with Crippen molar-refractivity contribution in [3.8, 4) is 5.75 Å². The molecular formula is C36H34N2O2. The fraction of sp³-hybridized carbons (Fsp3) is 0.194. The van der Waals surface area contributed by atoms with Crippen molar-refractivity contribution < 1.29 is 9.53 Å². The van der Waals surface area contributed by atoms with Crippen LogP contribution < -0.4 is 15.0 Å². The molecule has 40 heavy (non-hydrogen) atoms. The first-order valence-electron chi connectivity index (χ1n) is 14.0. The van der Waals surface area contributed by atoms with Crippen molar-refractivity contribution in [2.45, 2.75) is 13.0 Å². The minimum Gasteiger partial charge on any atom is -0.489 e. The quantitative estimate of drug-likeness (QED) is 0.222. The second-order valence-corrected chi connectivity index (χ2v) is 10.6. The third-order valence-electron chi connectivity index (χ3n) is 7.88. The van der Waals surface area contributed by atoms with E-state index in [2.05, 4.69) is 59.9 Å². The van der Waals surface area contributed by atoms with E-state index in [4.69, 9.17) is 4.74 Å². The van der Waals surface area contributed by atoms with Crippen LogP contribution in [-0.4, -0.2) is 25.5 Å². The number of hydrogen-bond acceptors (Lipinski definition) is 3. The Labute approximate surface area is 236 Å². The Kier molecular flexibility index (Phi) is 7.87. The van der Waals surface area contributed by atoms with Gasteiger partial charge in [0.15, 0.2) is 0 Å². The van der Waals surface area contributed by atoms with E-state index in [9.17, 15) is 4.79 Å². The van der Waals surface area contributed by atoms with Gasteiger partial charge in [-0.3, -0.25) is 4.79 Å². The standard InChI is InChI=1S/C36H34N2O2/c39-36(31-16-15-29-13-7-8-14-30(29)22-31)38(25-33-24-37-23-32(33)21-27-9-3-1-4-10-27)34-17-19-35(20-18-34)40-26-28-11-5-2-6-12-28/h1-20,22,32-33,37H,21,23-26H2/t32-,33-/m0/s1. The lowest BCUT2D eigenvalue weighted by Gasteiger charge is -2.29. The minimum absolute atomic E-state index is 0.0223. The number of ether oxygens (including phenoxy) is 1. The van der Waals surface area contributed by atoms with Gasteiger partial charge in [0.1, 0.15) is 12.4 Å². The van der Waals surface area contributed by atoms with Crippen LogP contribution in [0.1, 0.15) is 21.5 Å². The minimum atomic E-state index is 0.0223. The van der Waals surface area contributed by atoms with Gasteiger partial charge in [0.25, 0.3) is 5.91 Å². The number of hydrogen-bond donors (Lipinski definition) is 1. The van der Waals surface area contributed by atoms with Gasteiger partial charge >= 0.3 is 0 Å². The lowest BCUT2D eigenvalue weighted by molar-refractivity contribution is 0.0981. The number of amides is 1. The highest BCUT2D eigenvalue weighted by Gasteiger charge is 2.31. The first-order valence-corrected chi connectivity index (χ1v) is 14.0. The van der Waals surface area contributed by atoms with Gasteiger partial charge in [-0.1, -0.05) is 91.0 Å². The molecule has 2 atom stereocenters. The molecule has 0 bridgehead atoms. The van der Waals surface area contributed by atoms with Gasteiger partial charge in [-0.2, -0.15) is 0 Å². The summed E-state index contributed by atoms with van der Waals surface area (Å²) in [7, 11) is 0. The summed E-state index contributed by atoms with van der Waals surface area (Å²) in [5.41, 5.74) is 4.05. The van der Waals surface area contributed by atoms with Crippen molar-refractivity contribution in [1.29, 1.82) is 0 Å². The molecule has 0 radical (unpaired) electrons. The number of carbonyl (C=O) groups excluding carboxylic acids is 1. The number of rotatable bonds is 9. The summed E-state index contributed by atoms with van der Waals surface area (Å²) < 4.78 is 6.02. The van der Waals surface area contributed by atoms with E-state index in [-0.39, 0.29) is 5.91 Å². The lowest BCUT2D eigenvalue weighted by atomic mass is 9.89. The maximum Gasteiger partial charge on any atom is 0.258 e. The summed E-state index contributed by atoms with van der Waals surface area (Å²) >= 11 is 0. The molecule has 0 aliphatic carbocycles. The fourth-order valence-electron chi connectivity index (χ4n) is 5.64. The molecule has 0 saturated carbocycles. The smallest absolute Gasteiger partial charge is 0.258 e. The molecule has 1 heterocycles. The van der Waals surface area contributed by atoms with Crippen LogP contribution in [0.2, 0.25) is 0 Å². The van der Waals surface area contributed by atoms with Gasteiger partial charge in [-0.15, -0.1) is 0 Å². The van der Waals surface area contributed by atoms with Gasteiger partial charge in [-0.25, -0.2) is 0 Å². The number of nitrogens with one attached hydrogen (secondary N) is 1. The Bertz CT molecular complexity index is 1550. The van der Waals surface area contributed by atoms with Gasteiger partial charge in [0.2, 0.25) is 0 Å². The molecule has 1 saturated heterocycles. The van der Waals surface area contributed by atoms with Crippen LogP contribution >= 0.6 is 0 Å². The fourth-order valence-corrected chi connectivity index (χ4v) is 5.64. The summed E-state index contributed by atoms with van der Waals surface area (Å²) in [4.78, 5) is 16.1. The highest BCUT2D eigenvalue weighted by molar-refractivity contribution is 6.08. The zero-order valence-corrected chi connectivity index (χ0v) is 22.6. The van der Waals surface area contributed by atoms with E-state index in [1.54, 1.807) is 0 Å². The maximum absolute atomic E-state index is 14.1. The largest absolute Gasteiger partial charge is 0.489 e. The Morgan fingerprint density at radius 3 is 2.10 bits per heavy atom. The van der Waals surface area contributed by atoms with Gasteiger partial charge in [0, 0.05) is 17.8 Å². The maximum atomic E-state index is 14.1. The number of carbonyl (C=O) groups is 1. The van der Waals surface area contributed by atoms with Crippen LogP contribution in [0.25, 0.3) is 10.8 Å². The van der Waals surface area contributed by atoms with Crippen molar-refractivity contribution in [1.82, 2.24) is 5.32 Å². The molecule has 1 amide bonds. The molecule has 6 rings (SSSR count). The zero-order chi connectivity index (χ0) is 27.1. The van der Waals surface area contributed by atoms with Crippen molar-refractivity contribution in [3.63, 3.8) is 0 Å². The Morgan fingerprint density at radius 1 is 0.700 bits per heavy atom. The molecule has 1 aliphatic heterocycles. The average Bonchev–Trinajstić information content (AvgIpc) is 3.46. The molecule has 1 N–H and O–H groups in total. The van der Waals surface area contributed by atoms with Crippen LogP contribution in [0, 0.1) is 11.8 Å². The SMILES string of the molecule is O=C(c1ccc2ccccc2c1)N(C[C@@H]1CNC[C@@H]1Cc1ccccc1)c1ccc(OCc2ccccc2)cc1. The van der Waals surface area contributed by atoms with Crippen LogP contribution in [0.5, 0.6) is 5.75 Å². The third kappa shape index (κ3) is 6.08. The first kappa shape index (κ1) is 25.8. The molecule has 1 aliphatic rings. The molecule has 4 nitrogen and oxygen atoms in total. The lowest BCUT2D eigenvalue weighted by Crippen LogP contribution is -2.38. The number of fused-ring (bicyclic) bond motifs is 1. The zero-order valence-electron chi connectivity index (χ0n) is 22.6. The molecule has 0 spiro atoms. The van der Waals surface area contributed by atoms with Gasteiger partial charge < -0.3 is 15.0 Å². The van der Waals surface area contributed by atoms with Gasteiger partial charge in [0.05, 0.1) is 0 Å². The van der Waals surface area contributed by atoms with Crippen molar-refractivity contribution >= 4 is 22.4 Å². The normalized spacial score (nSPS) is 16.6. The first-order chi connectivity index (χ1) is 19.7. The molecule has 0 aromatic heterocycles. The van der Waals surface area contributed by atoms with Crippen LogP contribution in [0.15, 0.2) is 127 Å². The average molecular weight is 527 g/mol. The number of anilines is 1. The molecule has 1 fully saturated rings.